The highest BCUT2D eigenvalue weighted by molar-refractivity contribution is 7.71. The monoisotopic (exact) mass is 355 g/mol. The van der Waals surface area contributed by atoms with Gasteiger partial charge in [-0.05, 0) is 43.4 Å². The van der Waals surface area contributed by atoms with E-state index < -0.39 is 4.92 Å². The minimum atomic E-state index is -0.430. The van der Waals surface area contributed by atoms with Crippen LogP contribution >= 0.6 is 12.2 Å². The summed E-state index contributed by atoms with van der Waals surface area (Å²) < 4.78 is 1.74. The number of para-hydroxylation sites is 1. The molecule has 0 saturated carbocycles. The lowest BCUT2D eigenvalue weighted by Gasteiger charge is -1.96. The number of benzene rings is 1. The molecule has 0 radical (unpaired) electrons. The molecular formula is C15H13N7O2S. The van der Waals surface area contributed by atoms with E-state index in [2.05, 4.69) is 25.5 Å². The second-order valence-electron chi connectivity index (χ2n) is 5.04. The van der Waals surface area contributed by atoms with E-state index >= 15 is 0 Å². The Labute approximate surface area is 146 Å². The zero-order valence-electron chi connectivity index (χ0n) is 13.1. The van der Waals surface area contributed by atoms with Gasteiger partial charge in [-0.15, -0.1) is 0 Å². The molecule has 0 spiro atoms. The molecule has 0 aliphatic heterocycles. The van der Waals surface area contributed by atoms with Crippen LogP contribution in [0.5, 0.6) is 0 Å². The Hall–Kier alpha value is -3.40. The normalized spacial score (nSPS) is 11.6. The van der Waals surface area contributed by atoms with Crippen molar-refractivity contribution in [3.63, 3.8) is 0 Å². The number of rotatable bonds is 5. The molecule has 0 bridgehead atoms. The molecule has 3 aromatic rings. The Bertz CT molecular complexity index is 1030. The summed E-state index contributed by atoms with van der Waals surface area (Å²) in [6.07, 6.45) is 4.67. The molecule has 126 valence electrons. The van der Waals surface area contributed by atoms with E-state index in [0.717, 1.165) is 5.69 Å². The van der Waals surface area contributed by atoms with Crippen molar-refractivity contribution in [1.29, 1.82) is 0 Å². The molecule has 25 heavy (non-hydrogen) atoms. The van der Waals surface area contributed by atoms with Gasteiger partial charge >= 0.3 is 0 Å². The predicted molar refractivity (Wildman–Crippen MR) is 95.8 cm³/mol. The van der Waals surface area contributed by atoms with E-state index in [1.807, 2.05) is 13.0 Å². The van der Waals surface area contributed by atoms with Crippen molar-refractivity contribution in [3.8, 4) is 11.5 Å². The number of hydrogen-bond acceptors (Lipinski definition) is 6. The SMILES string of the molecule is Cc1cc(-c2n[nH]c(=S)n2/N=C/C=C/c2ccccc2[N+](=O)[O-])n[nH]1. The predicted octanol–water partition coefficient (Wildman–Crippen LogP) is 3.09. The lowest BCUT2D eigenvalue weighted by molar-refractivity contribution is -0.385. The molecule has 0 saturated heterocycles. The Balaban J connectivity index is 1.86. The summed E-state index contributed by atoms with van der Waals surface area (Å²) in [6, 6.07) is 8.27. The van der Waals surface area contributed by atoms with Crippen LogP contribution in [-0.4, -0.2) is 36.2 Å². The number of hydrogen-bond donors (Lipinski definition) is 2. The van der Waals surface area contributed by atoms with Gasteiger partial charge in [0.25, 0.3) is 5.69 Å². The third-order valence-electron chi connectivity index (χ3n) is 3.26. The zero-order chi connectivity index (χ0) is 17.8. The highest BCUT2D eigenvalue weighted by Gasteiger charge is 2.11. The van der Waals surface area contributed by atoms with Gasteiger partial charge in [0.1, 0.15) is 5.69 Å². The van der Waals surface area contributed by atoms with Crippen LogP contribution in [0.4, 0.5) is 5.69 Å². The van der Waals surface area contributed by atoms with Crippen molar-refractivity contribution in [2.45, 2.75) is 6.92 Å². The summed E-state index contributed by atoms with van der Waals surface area (Å²) in [6.45, 7) is 1.88. The molecule has 2 aromatic heterocycles. The number of nitrogens with zero attached hydrogens (tertiary/aromatic N) is 5. The fourth-order valence-electron chi connectivity index (χ4n) is 2.14. The smallest absolute Gasteiger partial charge is 0.276 e. The van der Waals surface area contributed by atoms with Crippen molar-refractivity contribution < 1.29 is 4.92 Å². The van der Waals surface area contributed by atoms with E-state index in [0.29, 0.717) is 21.9 Å². The topological polar surface area (TPSA) is 118 Å². The van der Waals surface area contributed by atoms with Crippen molar-refractivity contribution in [1.82, 2.24) is 25.1 Å². The molecule has 0 aliphatic rings. The van der Waals surface area contributed by atoms with Gasteiger partial charge in [-0.2, -0.15) is 20.0 Å². The van der Waals surface area contributed by atoms with E-state index in [4.69, 9.17) is 12.2 Å². The lowest BCUT2D eigenvalue weighted by Crippen LogP contribution is -1.94. The van der Waals surface area contributed by atoms with E-state index in [1.165, 1.54) is 17.0 Å². The van der Waals surface area contributed by atoms with Gasteiger partial charge in [0.2, 0.25) is 10.6 Å². The van der Waals surface area contributed by atoms with Crippen LogP contribution in [-0.2, 0) is 0 Å². The third kappa shape index (κ3) is 3.58. The van der Waals surface area contributed by atoms with E-state index in [1.54, 1.807) is 30.4 Å². The number of nitrogens with one attached hydrogen (secondary N) is 2. The molecule has 0 aliphatic carbocycles. The van der Waals surface area contributed by atoms with Crippen molar-refractivity contribution in [2.24, 2.45) is 5.10 Å². The molecule has 10 heteroatoms. The Morgan fingerprint density at radius 3 is 2.84 bits per heavy atom. The summed E-state index contributed by atoms with van der Waals surface area (Å²) in [5.41, 5.74) is 2.00. The first-order chi connectivity index (χ1) is 12.1. The second kappa shape index (κ2) is 7.01. The van der Waals surface area contributed by atoms with Crippen molar-refractivity contribution >= 4 is 30.2 Å². The zero-order valence-corrected chi connectivity index (χ0v) is 13.9. The standard InChI is InChI=1S/C15H13N7O2S/c1-10-9-12(18-17-10)14-19-20-15(25)21(14)16-8-4-6-11-5-2-3-7-13(11)22(23)24/h2-9H,1H3,(H,17,18)(H,20,25)/b6-4+,16-8+. The van der Waals surface area contributed by atoms with Crippen molar-refractivity contribution in [2.75, 3.05) is 0 Å². The summed E-state index contributed by atoms with van der Waals surface area (Å²) in [4.78, 5) is 10.6. The van der Waals surface area contributed by atoms with Gasteiger partial charge in [-0.1, -0.05) is 12.1 Å². The Morgan fingerprint density at radius 2 is 2.12 bits per heavy atom. The number of nitro groups is 1. The lowest BCUT2D eigenvalue weighted by atomic mass is 10.2. The number of nitro benzene ring substituents is 1. The minimum absolute atomic E-state index is 0.0276. The maximum absolute atomic E-state index is 11.0. The van der Waals surface area contributed by atoms with Gasteiger partial charge in [-0.25, -0.2) is 5.10 Å². The average molecular weight is 355 g/mol. The Kier molecular flexibility index (Phi) is 4.61. The summed E-state index contributed by atoms with van der Waals surface area (Å²) in [5, 5.41) is 28.9. The van der Waals surface area contributed by atoms with E-state index in [9.17, 15) is 10.1 Å². The molecule has 0 unspecified atom stereocenters. The average Bonchev–Trinajstić information content (AvgIpc) is 3.18. The molecule has 0 amide bonds. The highest BCUT2D eigenvalue weighted by Crippen LogP contribution is 2.19. The summed E-state index contributed by atoms with van der Waals surface area (Å²) in [5.74, 6) is 0.463. The summed E-state index contributed by atoms with van der Waals surface area (Å²) in [7, 11) is 0. The number of aryl methyl sites for hydroxylation is 1. The van der Waals surface area contributed by atoms with Crippen LogP contribution < -0.4 is 0 Å². The molecule has 1 aromatic carbocycles. The van der Waals surface area contributed by atoms with Gasteiger partial charge in [-0.3, -0.25) is 15.2 Å². The van der Waals surface area contributed by atoms with Gasteiger partial charge in [0.15, 0.2) is 0 Å². The molecule has 0 atom stereocenters. The fraction of sp³-hybridized carbons (Fsp3) is 0.0667. The van der Waals surface area contributed by atoms with Crippen molar-refractivity contribution in [3.05, 3.63) is 62.6 Å². The van der Waals surface area contributed by atoms with Crippen LogP contribution in [0.2, 0.25) is 0 Å². The van der Waals surface area contributed by atoms with Crippen LogP contribution in [0.15, 0.2) is 41.5 Å². The first kappa shape index (κ1) is 16.5. The molecule has 2 N–H and O–H groups in total. The largest absolute Gasteiger partial charge is 0.282 e. The maximum Gasteiger partial charge on any atom is 0.276 e. The molecule has 2 heterocycles. The molecule has 0 fully saturated rings. The van der Waals surface area contributed by atoms with Gasteiger partial charge < -0.3 is 0 Å². The summed E-state index contributed by atoms with van der Waals surface area (Å²) >= 11 is 5.16. The molecular weight excluding hydrogens is 342 g/mol. The maximum atomic E-state index is 11.0. The minimum Gasteiger partial charge on any atom is -0.282 e. The second-order valence-corrected chi connectivity index (χ2v) is 5.43. The number of H-pyrrole nitrogens is 2. The number of allylic oxidation sites excluding steroid dienone is 1. The third-order valence-corrected chi connectivity index (χ3v) is 3.53. The number of aromatic nitrogens is 5. The quantitative estimate of drug-likeness (QED) is 0.315. The van der Waals surface area contributed by atoms with Crippen LogP contribution in [0.1, 0.15) is 11.3 Å². The first-order valence-electron chi connectivity index (χ1n) is 7.20. The van der Waals surface area contributed by atoms with Gasteiger partial charge in [0, 0.05) is 18.0 Å². The van der Waals surface area contributed by atoms with E-state index in [-0.39, 0.29) is 5.69 Å². The Morgan fingerprint density at radius 1 is 1.32 bits per heavy atom. The molecule has 9 nitrogen and oxygen atoms in total. The first-order valence-corrected chi connectivity index (χ1v) is 7.61. The number of aromatic amines is 2. The van der Waals surface area contributed by atoms with Crippen LogP contribution in [0.25, 0.3) is 17.6 Å². The van der Waals surface area contributed by atoms with Crippen LogP contribution in [0.3, 0.4) is 0 Å². The van der Waals surface area contributed by atoms with Gasteiger partial charge in [0.05, 0.1) is 10.5 Å². The molecule has 3 rings (SSSR count). The fourth-order valence-corrected chi connectivity index (χ4v) is 2.32. The van der Waals surface area contributed by atoms with Crippen LogP contribution in [0, 0.1) is 21.8 Å². The highest BCUT2D eigenvalue weighted by atomic mass is 32.1.